The van der Waals surface area contributed by atoms with E-state index in [-0.39, 0.29) is 29.6 Å². The van der Waals surface area contributed by atoms with Gasteiger partial charge in [-0.05, 0) is 56.5 Å². The van der Waals surface area contributed by atoms with Crippen molar-refractivity contribution in [1.29, 1.82) is 0 Å². The van der Waals surface area contributed by atoms with Crippen molar-refractivity contribution in [1.82, 2.24) is 10.6 Å². The van der Waals surface area contributed by atoms with Crippen molar-refractivity contribution in [3.05, 3.63) is 34.9 Å². The highest BCUT2D eigenvalue weighted by Crippen LogP contribution is 2.34. The Balaban J connectivity index is 0. The smallest absolute Gasteiger partial charge is 0.351 e. The quantitative estimate of drug-likeness (QED) is 0.555. The van der Waals surface area contributed by atoms with Gasteiger partial charge >= 0.3 is 6.18 Å². The third-order valence-corrected chi connectivity index (χ3v) is 3.85. The number of hydrogen-bond donors (Lipinski definition) is 2. The molecule has 0 aliphatic carbocycles. The Morgan fingerprint density at radius 1 is 1.00 bits per heavy atom. The van der Waals surface area contributed by atoms with Crippen LogP contribution >= 0.6 is 0 Å². The molecule has 7 heteroatoms. The largest absolute Gasteiger partial charge is 0.416 e. The van der Waals surface area contributed by atoms with Gasteiger partial charge < -0.3 is 10.6 Å². The lowest BCUT2D eigenvalue weighted by atomic mass is 9.95. The molecule has 1 heterocycles. The van der Waals surface area contributed by atoms with Gasteiger partial charge in [0.15, 0.2) is 0 Å². The third kappa shape index (κ3) is 10.6. The Morgan fingerprint density at radius 3 is 1.93 bits per heavy atom. The summed E-state index contributed by atoms with van der Waals surface area (Å²) < 4.78 is 52.9. The monoisotopic (exact) mass is 422 g/mol. The maximum absolute atomic E-state index is 14.0. The van der Waals surface area contributed by atoms with Crippen molar-refractivity contribution >= 4 is 5.91 Å². The molecule has 1 aromatic carbocycles. The zero-order valence-corrected chi connectivity index (χ0v) is 19.1. The highest BCUT2D eigenvalue weighted by atomic mass is 19.4. The second kappa shape index (κ2) is 14.4. The predicted molar refractivity (Wildman–Crippen MR) is 112 cm³/mol. The molecular weight excluding hydrogens is 384 g/mol. The maximum atomic E-state index is 14.0. The van der Waals surface area contributed by atoms with E-state index in [0.29, 0.717) is 6.42 Å². The van der Waals surface area contributed by atoms with E-state index in [1.165, 1.54) is 19.9 Å². The van der Waals surface area contributed by atoms with Crippen LogP contribution in [0.2, 0.25) is 0 Å². The molecule has 0 radical (unpaired) electrons. The van der Waals surface area contributed by atoms with E-state index in [9.17, 15) is 22.4 Å². The Labute approximate surface area is 173 Å². The predicted octanol–water partition coefficient (Wildman–Crippen LogP) is 6.36. The van der Waals surface area contributed by atoms with E-state index >= 15 is 0 Å². The fourth-order valence-corrected chi connectivity index (χ4v) is 2.52. The second-order valence-electron chi connectivity index (χ2n) is 6.26. The minimum atomic E-state index is -4.56. The molecule has 0 saturated carbocycles. The van der Waals surface area contributed by atoms with E-state index in [1.54, 1.807) is 0 Å². The lowest BCUT2D eigenvalue weighted by Gasteiger charge is -2.19. The molecule has 1 saturated heterocycles. The van der Waals surface area contributed by atoms with Gasteiger partial charge in [-0.15, -0.1) is 0 Å². The van der Waals surface area contributed by atoms with Crippen LogP contribution in [0.5, 0.6) is 0 Å². The van der Waals surface area contributed by atoms with Gasteiger partial charge in [0.1, 0.15) is 5.67 Å². The van der Waals surface area contributed by atoms with Crippen LogP contribution in [-0.4, -0.2) is 18.5 Å². The molecule has 1 atom stereocenters. The molecule has 1 aliphatic heterocycles. The molecule has 3 nitrogen and oxygen atoms in total. The van der Waals surface area contributed by atoms with E-state index in [0.717, 1.165) is 25.1 Å². The normalized spacial score (nSPS) is 15.7. The first-order valence-corrected chi connectivity index (χ1v) is 10.5. The number of halogens is 4. The summed E-state index contributed by atoms with van der Waals surface area (Å²) in [5, 5.41) is 5.62. The fourth-order valence-electron chi connectivity index (χ4n) is 2.52. The van der Waals surface area contributed by atoms with Crippen LogP contribution in [0.3, 0.4) is 0 Å². The molecule has 170 valence electrons. The Bertz CT molecular complexity index is 543. The molecule has 1 amide bonds. The molecule has 1 unspecified atom stereocenters. The fraction of sp³-hybridized carbons (Fsp3) is 0.682. The molecule has 1 aromatic rings. The summed E-state index contributed by atoms with van der Waals surface area (Å²) in [6, 6.07) is 2.80. The summed E-state index contributed by atoms with van der Waals surface area (Å²) in [4.78, 5) is 11.9. The van der Waals surface area contributed by atoms with Crippen molar-refractivity contribution in [2.45, 2.75) is 92.7 Å². The number of rotatable bonds is 4. The molecule has 1 fully saturated rings. The number of hydrogen-bond acceptors (Lipinski definition) is 2. The van der Waals surface area contributed by atoms with E-state index in [2.05, 4.69) is 10.6 Å². The summed E-state index contributed by atoms with van der Waals surface area (Å²) >= 11 is 0. The summed E-state index contributed by atoms with van der Waals surface area (Å²) in [5.41, 5.74) is -2.64. The standard InChI is InChI=1S/C16H20F4N2O.3C2H6/c1-15(2,17)11-6-10(7-12(8-11)16(18,19)20)9-22-14(23)13-4-3-5-21-13;3*1-2/h6-8,13,21H,3-5,9H2,1-2H3,(H,22,23);3*1-2H3. The molecule has 2 N–H and O–H groups in total. The van der Waals surface area contributed by atoms with Crippen LogP contribution in [0.1, 0.15) is 84.9 Å². The number of carbonyl (C=O) groups excluding carboxylic acids is 1. The van der Waals surface area contributed by atoms with Crippen LogP contribution in [0, 0.1) is 0 Å². The van der Waals surface area contributed by atoms with Gasteiger partial charge in [-0.3, -0.25) is 4.79 Å². The first-order valence-electron chi connectivity index (χ1n) is 10.5. The lowest BCUT2D eigenvalue weighted by molar-refractivity contribution is -0.137. The summed E-state index contributed by atoms with van der Waals surface area (Å²) in [6.07, 6.45) is -2.97. The van der Waals surface area contributed by atoms with Crippen LogP contribution in [0.4, 0.5) is 17.6 Å². The van der Waals surface area contributed by atoms with Gasteiger partial charge in [-0.1, -0.05) is 47.6 Å². The van der Waals surface area contributed by atoms with Crippen molar-refractivity contribution < 1.29 is 22.4 Å². The van der Waals surface area contributed by atoms with Crippen molar-refractivity contribution in [2.24, 2.45) is 0 Å². The molecule has 29 heavy (non-hydrogen) atoms. The SMILES string of the molecule is CC.CC.CC.CC(C)(F)c1cc(CNC(=O)C2CCCN2)cc(C(F)(F)F)c1. The third-order valence-electron chi connectivity index (χ3n) is 3.85. The van der Waals surface area contributed by atoms with Gasteiger partial charge in [0.05, 0.1) is 11.6 Å². The summed E-state index contributed by atoms with van der Waals surface area (Å²) in [6.45, 7) is 15.1. The van der Waals surface area contributed by atoms with E-state index in [1.807, 2.05) is 41.5 Å². The number of alkyl halides is 4. The van der Waals surface area contributed by atoms with Crippen molar-refractivity contribution in [3.63, 3.8) is 0 Å². The van der Waals surface area contributed by atoms with Crippen LogP contribution in [0.25, 0.3) is 0 Å². The zero-order valence-electron chi connectivity index (χ0n) is 19.1. The van der Waals surface area contributed by atoms with Gasteiger partial charge in [0.2, 0.25) is 5.91 Å². The highest BCUT2D eigenvalue weighted by Gasteiger charge is 2.33. The molecule has 2 rings (SSSR count). The van der Waals surface area contributed by atoms with E-state index in [4.69, 9.17) is 0 Å². The average molecular weight is 423 g/mol. The minimum absolute atomic E-state index is 0.0597. The first-order chi connectivity index (χ1) is 13.6. The molecule has 0 bridgehead atoms. The van der Waals surface area contributed by atoms with Gasteiger partial charge in [0.25, 0.3) is 0 Å². The average Bonchev–Trinajstić information content (AvgIpc) is 3.24. The highest BCUT2D eigenvalue weighted by molar-refractivity contribution is 5.81. The second-order valence-corrected chi connectivity index (χ2v) is 6.26. The number of nitrogens with one attached hydrogen (secondary N) is 2. The minimum Gasteiger partial charge on any atom is -0.351 e. The molecule has 0 spiro atoms. The number of carbonyl (C=O) groups is 1. The van der Waals surface area contributed by atoms with Crippen LogP contribution in [0.15, 0.2) is 18.2 Å². The number of amides is 1. The van der Waals surface area contributed by atoms with Crippen molar-refractivity contribution in [3.8, 4) is 0 Å². The Kier molecular flexibility index (Phi) is 14.7. The maximum Gasteiger partial charge on any atom is 0.416 e. The molecular formula is C22H38F4N2O. The van der Waals surface area contributed by atoms with Gasteiger partial charge in [0, 0.05) is 6.54 Å². The Hall–Kier alpha value is -1.63. The van der Waals surface area contributed by atoms with Gasteiger partial charge in [-0.25, -0.2) is 4.39 Å². The summed E-state index contributed by atoms with van der Waals surface area (Å²) in [7, 11) is 0. The number of benzene rings is 1. The van der Waals surface area contributed by atoms with Crippen molar-refractivity contribution in [2.75, 3.05) is 6.54 Å². The molecule has 0 aromatic heterocycles. The molecule has 1 aliphatic rings. The van der Waals surface area contributed by atoms with Gasteiger partial charge in [-0.2, -0.15) is 13.2 Å². The zero-order chi connectivity index (χ0) is 23.3. The topological polar surface area (TPSA) is 41.1 Å². The first kappa shape index (κ1) is 29.6. The van der Waals surface area contributed by atoms with Crippen LogP contribution in [-0.2, 0) is 23.2 Å². The van der Waals surface area contributed by atoms with Crippen LogP contribution < -0.4 is 10.6 Å². The Morgan fingerprint density at radius 2 is 1.52 bits per heavy atom. The van der Waals surface area contributed by atoms with E-state index < -0.39 is 17.4 Å². The summed E-state index contributed by atoms with van der Waals surface area (Å²) in [5.74, 6) is -0.249. The lowest BCUT2D eigenvalue weighted by Crippen LogP contribution is -2.40.